The van der Waals surface area contributed by atoms with Gasteiger partial charge in [0.05, 0.1) is 13.1 Å². The zero-order valence-corrected chi connectivity index (χ0v) is 20.1. The average Bonchev–Trinajstić information content (AvgIpc) is 3.20. The molecule has 6 N–H and O–H groups in total. The van der Waals surface area contributed by atoms with Gasteiger partial charge in [-0.3, -0.25) is 24.0 Å². The first-order valence-corrected chi connectivity index (χ1v) is 10.9. The monoisotopic (exact) mass is 503 g/mol. The number of nitrogens with zero attached hydrogens (tertiary/aromatic N) is 1. The Morgan fingerprint density at radius 3 is 2.28 bits per heavy atom. The van der Waals surface area contributed by atoms with Crippen LogP contribution in [0.4, 0.5) is 0 Å². The maximum atomic E-state index is 12.3. The molecule has 0 spiro atoms. The van der Waals surface area contributed by atoms with Gasteiger partial charge in [-0.15, -0.1) is 0 Å². The minimum absolute atomic E-state index is 0.137. The molecule has 12 heteroatoms. The normalized spacial score (nSPS) is 12.2. The molecular formula is C24H33N5O7. The van der Waals surface area contributed by atoms with Crippen molar-refractivity contribution < 1.29 is 33.9 Å². The van der Waals surface area contributed by atoms with Gasteiger partial charge in [0.2, 0.25) is 24.1 Å². The molecule has 0 radical (unpaired) electrons. The van der Waals surface area contributed by atoms with Gasteiger partial charge >= 0.3 is 0 Å². The summed E-state index contributed by atoms with van der Waals surface area (Å²) in [6.45, 7) is 3.66. The smallest absolute Gasteiger partial charge is 0.251 e. The SMILES string of the molecule is C=C1C=CC(=O)N1CCCC(=O)NCC(=O)NC(Cc1ccccc1)C(=O)NCC=O.CO.NC=O. The summed E-state index contributed by atoms with van der Waals surface area (Å²) in [7, 11) is 1.00. The zero-order chi connectivity index (χ0) is 27.3. The molecule has 1 unspecified atom stereocenters. The predicted molar refractivity (Wildman–Crippen MR) is 132 cm³/mol. The summed E-state index contributed by atoms with van der Waals surface area (Å²) in [5, 5.41) is 14.5. The lowest BCUT2D eigenvalue weighted by atomic mass is 10.1. The highest BCUT2D eigenvalue weighted by atomic mass is 16.2. The lowest BCUT2D eigenvalue weighted by Crippen LogP contribution is -2.50. The minimum Gasteiger partial charge on any atom is -0.400 e. The number of hydrogen-bond acceptors (Lipinski definition) is 7. The Morgan fingerprint density at radius 2 is 1.72 bits per heavy atom. The van der Waals surface area contributed by atoms with Gasteiger partial charge in [-0.2, -0.15) is 0 Å². The molecule has 0 saturated carbocycles. The Balaban J connectivity index is 0.00000227. The predicted octanol–water partition coefficient (Wildman–Crippen LogP) is -1.45. The molecule has 1 aromatic rings. The second-order valence-electron chi connectivity index (χ2n) is 7.05. The second kappa shape index (κ2) is 19.0. The number of benzene rings is 1. The minimum atomic E-state index is -0.883. The van der Waals surface area contributed by atoms with Gasteiger partial charge in [0, 0.05) is 38.3 Å². The van der Waals surface area contributed by atoms with E-state index < -0.39 is 17.9 Å². The topological polar surface area (TPSA) is 188 Å². The molecule has 0 aromatic heterocycles. The molecule has 0 aliphatic carbocycles. The van der Waals surface area contributed by atoms with E-state index in [1.807, 2.05) is 30.3 Å². The van der Waals surface area contributed by atoms with Gasteiger partial charge in [-0.1, -0.05) is 36.9 Å². The van der Waals surface area contributed by atoms with E-state index in [9.17, 15) is 24.0 Å². The van der Waals surface area contributed by atoms with Gasteiger partial charge < -0.3 is 36.5 Å². The van der Waals surface area contributed by atoms with Crippen LogP contribution in [0.1, 0.15) is 18.4 Å². The van der Waals surface area contributed by atoms with Crippen LogP contribution in [0.25, 0.3) is 0 Å². The van der Waals surface area contributed by atoms with Crippen molar-refractivity contribution in [1.82, 2.24) is 20.9 Å². The molecule has 2 rings (SSSR count). The van der Waals surface area contributed by atoms with Gasteiger partial charge in [0.1, 0.15) is 12.3 Å². The number of nitrogens with two attached hydrogens (primary N) is 1. The number of rotatable bonds is 12. The second-order valence-corrected chi connectivity index (χ2v) is 7.05. The van der Waals surface area contributed by atoms with Gasteiger partial charge in [-0.25, -0.2) is 0 Å². The molecule has 1 heterocycles. The van der Waals surface area contributed by atoms with Crippen molar-refractivity contribution >= 4 is 36.3 Å². The summed E-state index contributed by atoms with van der Waals surface area (Å²) in [6, 6.07) is 8.24. The van der Waals surface area contributed by atoms with Crippen LogP contribution < -0.4 is 21.7 Å². The van der Waals surface area contributed by atoms with E-state index in [2.05, 4.69) is 28.3 Å². The fourth-order valence-corrected chi connectivity index (χ4v) is 2.98. The molecule has 0 saturated heterocycles. The number of hydrogen-bond donors (Lipinski definition) is 5. The highest BCUT2D eigenvalue weighted by molar-refractivity contribution is 5.93. The van der Waals surface area contributed by atoms with Crippen molar-refractivity contribution in [3.05, 3.63) is 60.3 Å². The number of carbonyl (C=O) groups is 6. The van der Waals surface area contributed by atoms with Crippen molar-refractivity contribution in [3.8, 4) is 0 Å². The molecule has 0 fully saturated rings. The number of aldehydes is 1. The van der Waals surface area contributed by atoms with Gasteiger partial charge in [0.25, 0.3) is 5.91 Å². The number of aliphatic hydroxyl groups is 1. The number of carbonyl (C=O) groups excluding carboxylic acids is 6. The third-order valence-corrected chi connectivity index (χ3v) is 4.56. The van der Waals surface area contributed by atoms with Gasteiger partial charge in [-0.05, 0) is 18.1 Å². The molecule has 1 aliphatic rings. The maximum absolute atomic E-state index is 12.3. The van der Waals surface area contributed by atoms with Crippen LogP contribution in [0.3, 0.4) is 0 Å². The standard InChI is InChI=1S/C22H26N4O5.CH3NO.CH4O/c1-16-9-10-21(30)26(16)12-5-8-19(28)24-15-20(29)25-18(22(31)23-11-13-27)14-17-6-3-2-4-7-17;2-1-3;1-2/h2-4,6-7,9-10,13,18H,1,5,8,11-12,14-15H2,(H,23,31)(H,24,28)(H,25,29);1H,(H2,2,3);2H,1H3. The molecule has 36 heavy (non-hydrogen) atoms. The first-order chi connectivity index (χ1) is 17.3. The number of nitrogens with one attached hydrogen (secondary N) is 3. The van der Waals surface area contributed by atoms with E-state index >= 15 is 0 Å². The molecule has 196 valence electrons. The number of aliphatic hydroxyl groups excluding tert-OH is 1. The first-order valence-electron chi connectivity index (χ1n) is 10.9. The fourth-order valence-electron chi connectivity index (χ4n) is 2.98. The van der Waals surface area contributed by atoms with Crippen LogP contribution in [0, 0.1) is 0 Å². The fraction of sp³-hybridized carbons (Fsp3) is 0.333. The zero-order valence-electron chi connectivity index (χ0n) is 20.1. The summed E-state index contributed by atoms with van der Waals surface area (Å²) in [4.78, 5) is 68.7. The molecule has 1 aromatic carbocycles. The summed E-state index contributed by atoms with van der Waals surface area (Å²) in [6.07, 6.45) is 4.64. The quantitative estimate of drug-likeness (QED) is 0.216. The van der Waals surface area contributed by atoms with E-state index in [1.165, 1.54) is 11.0 Å². The summed E-state index contributed by atoms with van der Waals surface area (Å²) >= 11 is 0. The largest absolute Gasteiger partial charge is 0.400 e. The van der Waals surface area contributed by atoms with E-state index in [-0.39, 0.29) is 44.2 Å². The Bertz CT molecular complexity index is 901. The number of amides is 5. The van der Waals surface area contributed by atoms with Crippen LogP contribution in [0.5, 0.6) is 0 Å². The lowest BCUT2D eigenvalue weighted by Gasteiger charge is -2.18. The average molecular weight is 504 g/mol. The van der Waals surface area contributed by atoms with Gasteiger partial charge in [0.15, 0.2) is 0 Å². The maximum Gasteiger partial charge on any atom is 0.251 e. The molecule has 1 aliphatic heterocycles. The van der Waals surface area contributed by atoms with Crippen LogP contribution in [0.15, 0.2) is 54.8 Å². The van der Waals surface area contributed by atoms with Crippen molar-refractivity contribution in [2.75, 3.05) is 26.7 Å². The Labute approximate surface area is 209 Å². The number of primary amides is 1. The summed E-state index contributed by atoms with van der Waals surface area (Å²) in [5.41, 5.74) is 5.59. The van der Waals surface area contributed by atoms with E-state index in [0.717, 1.165) is 12.7 Å². The first kappa shape index (κ1) is 31.7. The highest BCUT2D eigenvalue weighted by Crippen LogP contribution is 2.13. The van der Waals surface area contributed by atoms with E-state index in [1.54, 1.807) is 6.08 Å². The summed E-state index contributed by atoms with van der Waals surface area (Å²) < 4.78 is 0. The van der Waals surface area contributed by atoms with Crippen LogP contribution in [-0.4, -0.2) is 79.1 Å². The third kappa shape index (κ3) is 12.8. The van der Waals surface area contributed by atoms with E-state index in [4.69, 9.17) is 9.90 Å². The third-order valence-electron chi connectivity index (χ3n) is 4.56. The molecule has 12 nitrogen and oxygen atoms in total. The van der Waals surface area contributed by atoms with Crippen molar-refractivity contribution in [2.24, 2.45) is 5.73 Å². The van der Waals surface area contributed by atoms with Crippen molar-refractivity contribution in [3.63, 3.8) is 0 Å². The molecular weight excluding hydrogens is 470 g/mol. The molecule has 0 bridgehead atoms. The van der Waals surface area contributed by atoms with Crippen LogP contribution in [0.2, 0.25) is 0 Å². The Morgan fingerprint density at radius 1 is 1.08 bits per heavy atom. The molecule has 5 amide bonds. The van der Waals surface area contributed by atoms with E-state index in [0.29, 0.717) is 24.9 Å². The van der Waals surface area contributed by atoms with Crippen LogP contribution >= 0.6 is 0 Å². The highest BCUT2D eigenvalue weighted by Gasteiger charge is 2.21. The number of allylic oxidation sites excluding steroid dienone is 1. The Hall–Kier alpha value is -4.32. The van der Waals surface area contributed by atoms with Crippen molar-refractivity contribution in [1.29, 1.82) is 0 Å². The molecule has 1 atom stereocenters. The van der Waals surface area contributed by atoms with Crippen LogP contribution in [-0.2, 0) is 35.2 Å². The van der Waals surface area contributed by atoms with Crippen molar-refractivity contribution in [2.45, 2.75) is 25.3 Å². The summed E-state index contributed by atoms with van der Waals surface area (Å²) in [5.74, 6) is -1.52. The lowest BCUT2D eigenvalue weighted by molar-refractivity contribution is -0.130. The Kier molecular flexibility index (Phi) is 16.8.